The van der Waals surface area contributed by atoms with E-state index in [4.69, 9.17) is 11.6 Å². The lowest BCUT2D eigenvalue weighted by molar-refractivity contribution is 0.0606. The van der Waals surface area contributed by atoms with Crippen LogP contribution in [0.3, 0.4) is 0 Å². The van der Waals surface area contributed by atoms with Gasteiger partial charge in [-0.3, -0.25) is 0 Å². The molecule has 0 saturated carbocycles. The van der Waals surface area contributed by atoms with Gasteiger partial charge in [0.05, 0.1) is 18.3 Å². The maximum Gasteiger partial charge on any atom is 0.349 e. The number of esters is 1. The first-order valence-electron chi connectivity index (χ1n) is 5.07. The highest BCUT2D eigenvalue weighted by molar-refractivity contribution is 7.13. The van der Waals surface area contributed by atoms with Crippen LogP contribution in [0.2, 0.25) is 5.02 Å². The summed E-state index contributed by atoms with van der Waals surface area (Å²) in [6.07, 6.45) is 1.67. The fraction of sp³-hybridized carbons (Fsp3) is 0.167. The van der Waals surface area contributed by atoms with Gasteiger partial charge in [0.1, 0.15) is 10.7 Å². The van der Waals surface area contributed by atoms with Gasteiger partial charge in [-0.25, -0.2) is 14.2 Å². The molecule has 1 aromatic heterocycles. The molecule has 0 unspecified atom stereocenters. The molecule has 0 saturated heterocycles. The highest BCUT2D eigenvalue weighted by Crippen LogP contribution is 2.24. The molecule has 2 aromatic rings. The van der Waals surface area contributed by atoms with Crippen molar-refractivity contribution in [2.45, 2.75) is 6.42 Å². The number of aromatic nitrogens is 1. The normalized spacial score (nSPS) is 10.4. The average Bonchev–Trinajstić information content (AvgIpc) is 2.81. The Labute approximate surface area is 112 Å². The first-order valence-corrected chi connectivity index (χ1v) is 6.27. The summed E-state index contributed by atoms with van der Waals surface area (Å²) in [6, 6.07) is 4.51. The topological polar surface area (TPSA) is 39.2 Å². The summed E-state index contributed by atoms with van der Waals surface area (Å²) in [5, 5.41) is 0.965. The number of ether oxygens (including phenoxy) is 1. The highest BCUT2D eigenvalue weighted by Gasteiger charge is 2.13. The summed E-state index contributed by atoms with van der Waals surface area (Å²) in [6.45, 7) is 0. The zero-order valence-electron chi connectivity index (χ0n) is 9.44. The molecule has 1 aromatic carbocycles. The Bertz CT molecular complexity index is 565. The maximum atomic E-state index is 13.6. The minimum absolute atomic E-state index is 0.257. The van der Waals surface area contributed by atoms with E-state index in [2.05, 4.69) is 9.72 Å². The van der Waals surface area contributed by atoms with Gasteiger partial charge in [0.2, 0.25) is 0 Å². The van der Waals surface area contributed by atoms with Gasteiger partial charge >= 0.3 is 5.97 Å². The predicted molar refractivity (Wildman–Crippen MR) is 67.7 cm³/mol. The zero-order chi connectivity index (χ0) is 13.1. The standard InChI is InChI=1S/C12H9ClFNO2S/c1-17-12(16)10-6-15-11(18-10)5-7-8(13)3-2-4-9(7)14/h2-4,6H,5H2,1H3. The van der Waals surface area contributed by atoms with Gasteiger partial charge in [-0.15, -0.1) is 11.3 Å². The minimum atomic E-state index is -0.446. The number of methoxy groups -OCH3 is 1. The van der Waals surface area contributed by atoms with Crippen LogP contribution in [0.4, 0.5) is 4.39 Å². The van der Waals surface area contributed by atoms with E-state index in [0.29, 0.717) is 20.5 Å². The fourth-order valence-electron chi connectivity index (χ4n) is 1.44. The van der Waals surface area contributed by atoms with Crippen molar-refractivity contribution in [2.24, 2.45) is 0 Å². The molecule has 3 nitrogen and oxygen atoms in total. The summed E-state index contributed by atoms with van der Waals surface area (Å²) in [7, 11) is 1.30. The molecule has 0 N–H and O–H groups in total. The van der Waals surface area contributed by atoms with Crippen molar-refractivity contribution < 1.29 is 13.9 Å². The SMILES string of the molecule is COC(=O)c1cnc(Cc2c(F)cccc2Cl)s1. The lowest BCUT2D eigenvalue weighted by Crippen LogP contribution is -1.96. The monoisotopic (exact) mass is 285 g/mol. The van der Waals surface area contributed by atoms with Crippen molar-refractivity contribution in [3.8, 4) is 0 Å². The van der Waals surface area contributed by atoms with Crippen LogP contribution >= 0.6 is 22.9 Å². The van der Waals surface area contributed by atoms with Gasteiger partial charge < -0.3 is 4.74 Å². The van der Waals surface area contributed by atoms with Crippen LogP contribution in [-0.4, -0.2) is 18.1 Å². The van der Waals surface area contributed by atoms with Crippen molar-refractivity contribution in [3.63, 3.8) is 0 Å². The van der Waals surface area contributed by atoms with Crippen LogP contribution in [0, 0.1) is 5.82 Å². The lowest BCUT2D eigenvalue weighted by Gasteiger charge is -2.02. The lowest BCUT2D eigenvalue weighted by atomic mass is 10.1. The van der Waals surface area contributed by atoms with Crippen LogP contribution in [0.15, 0.2) is 24.4 Å². The second kappa shape index (κ2) is 5.46. The summed E-state index contributed by atoms with van der Waals surface area (Å²) in [5.74, 6) is -0.823. The molecule has 0 atom stereocenters. The third kappa shape index (κ3) is 2.68. The first-order chi connectivity index (χ1) is 8.61. The Morgan fingerprint density at radius 3 is 3.00 bits per heavy atom. The molecular formula is C12H9ClFNO2S. The molecule has 0 radical (unpaired) electrons. The van der Waals surface area contributed by atoms with Crippen LogP contribution in [0.5, 0.6) is 0 Å². The van der Waals surface area contributed by atoms with Crippen LogP contribution < -0.4 is 0 Å². The third-order valence-electron chi connectivity index (χ3n) is 2.33. The van der Waals surface area contributed by atoms with Crippen molar-refractivity contribution in [1.29, 1.82) is 0 Å². The van der Waals surface area contributed by atoms with E-state index < -0.39 is 5.97 Å². The fourth-order valence-corrected chi connectivity index (χ4v) is 2.52. The second-order valence-corrected chi connectivity index (χ2v) is 5.01. The number of rotatable bonds is 3. The molecule has 18 heavy (non-hydrogen) atoms. The minimum Gasteiger partial charge on any atom is -0.465 e. The van der Waals surface area contributed by atoms with E-state index in [0.717, 1.165) is 0 Å². The van der Waals surface area contributed by atoms with Crippen molar-refractivity contribution in [3.05, 3.63) is 50.7 Å². The number of thiazole rings is 1. The molecule has 0 aliphatic carbocycles. The molecule has 0 bridgehead atoms. The van der Waals surface area contributed by atoms with Gasteiger partial charge in [-0.1, -0.05) is 17.7 Å². The van der Waals surface area contributed by atoms with Crippen molar-refractivity contribution >= 4 is 28.9 Å². The Balaban J connectivity index is 2.24. The summed E-state index contributed by atoms with van der Waals surface area (Å²) >= 11 is 7.09. The Hall–Kier alpha value is -1.46. The van der Waals surface area contributed by atoms with Gasteiger partial charge in [0.25, 0.3) is 0 Å². The number of hydrogen-bond donors (Lipinski definition) is 0. The Morgan fingerprint density at radius 2 is 2.33 bits per heavy atom. The number of benzene rings is 1. The molecule has 2 rings (SSSR count). The maximum absolute atomic E-state index is 13.6. The molecule has 0 fully saturated rings. The molecule has 0 aliphatic rings. The average molecular weight is 286 g/mol. The summed E-state index contributed by atoms with van der Waals surface area (Å²) in [4.78, 5) is 15.7. The van der Waals surface area contributed by atoms with Crippen LogP contribution in [0.1, 0.15) is 20.2 Å². The molecule has 94 valence electrons. The molecule has 0 spiro atoms. The van der Waals surface area contributed by atoms with E-state index in [-0.39, 0.29) is 12.2 Å². The summed E-state index contributed by atoms with van der Waals surface area (Å²) in [5.41, 5.74) is 0.380. The Morgan fingerprint density at radius 1 is 1.56 bits per heavy atom. The Kier molecular flexibility index (Phi) is 3.93. The first kappa shape index (κ1) is 13.0. The molecular weight excluding hydrogens is 277 g/mol. The number of hydrogen-bond acceptors (Lipinski definition) is 4. The zero-order valence-corrected chi connectivity index (χ0v) is 11.0. The second-order valence-electron chi connectivity index (χ2n) is 3.49. The van der Waals surface area contributed by atoms with Crippen molar-refractivity contribution in [2.75, 3.05) is 7.11 Å². The molecule has 0 aliphatic heterocycles. The van der Waals surface area contributed by atoms with E-state index >= 15 is 0 Å². The third-order valence-corrected chi connectivity index (χ3v) is 3.66. The highest BCUT2D eigenvalue weighted by atomic mass is 35.5. The number of carbonyl (C=O) groups is 1. The van der Waals surface area contributed by atoms with Gasteiger partial charge in [-0.05, 0) is 12.1 Å². The smallest absolute Gasteiger partial charge is 0.349 e. The van der Waals surface area contributed by atoms with Crippen LogP contribution in [-0.2, 0) is 11.2 Å². The van der Waals surface area contributed by atoms with Crippen molar-refractivity contribution in [1.82, 2.24) is 4.98 Å². The van der Waals surface area contributed by atoms with Gasteiger partial charge in [0.15, 0.2) is 0 Å². The number of nitrogens with zero attached hydrogens (tertiary/aromatic N) is 1. The summed E-state index contributed by atoms with van der Waals surface area (Å²) < 4.78 is 18.1. The molecule has 1 heterocycles. The number of halogens is 2. The van der Waals surface area contributed by atoms with Gasteiger partial charge in [-0.2, -0.15) is 0 Å². The van der Waals surface area contributed by atoms with Crippen LogP contribution in [0.25, 0.3) is 0 Å². The molecule has 0 amide bonds. The largest absolute Gasteiger partial charge is 0.465 e. The number of carbonyl (C=O) groups excluding carboxylic acids is 1. The van der Waals surface area contributed by atoms with E-state index in [1.165, 1.54) is 30.7 Å². The predicted octanol–water partition coefficient (Wildman–Crippen LogP) is 3.31. The molecule has 6 heteroatoms. The van der Waals surface area contributed by atoms with E-state index in [9.17, 15) is 9.18 Å². The van der Waals surface area contributed by atoms with E-state index in [1.807, 2.05) is 0 Å². The van der Waals surface area contributed by atoms with E-state index in [1.54, 1.807) is 12.1 Å². The quantitative estimate of drug-likeness (QED) is 0.812. The van der Waals surface area contributed by atoms with Gasteiger partial charge in [0, 0.05) is 17.0 Å².